The van der Waals surface area contributed by atoms with Crippen molar-refractivity contribution in [2.24, 2.45) is 5.41 Å². The van der Waals surface area contributed by atoms with E-state index >= 15 is 0 Å². The monoisotopic (exact) mass is 406 g/mol. The third kappa shape index (κ3) is 9.53. The summed E-state index contributed by atoms with van der Waals surface area (Å²) in [5.41, 5.74) is 2.79. The number of allylic oxidation sites excluding steroid dienone is 3. The van der Waals surface area contributed by atoms with Gasteiger partial charge >= 0.3 is 26.2 Å². The summed E-state index contributed by atoms with van der Waals surface area (Å²) in [5.74, 6) is 0. The van der Waals surface area contributed by atoms with Crippen LogP contribution in [0.3, 0.4) is 0 Å². The Labute approximate surface area is 166 Å². The zero-order valence-corrected chi connectivity index (χ0v) is 18.4. The molecule has 2 rings (SSSR count). The average molecular weight is 408 g/mol. The van der Waals surface area contributed by atoms with Crippen LogP contribution < -0.4 is 0 Å². The Morgan fingerprint density at radius 2 is 1.38 bits per heavy atom. The van der Waals surface area contributed by atoms with Crippen LogP contribution in [0.5, 0.6) is 0 Å². The first-order valence-corrected chi connectivity index (χ1v) is 7.64. The van der Waals surface area contributed by atoms with E-state index in [0.717, 1.165) is 16.8 Å². The smallest absolute Gasteiger partial charge is 0.668 e. The molecule has 5 heteroatoms. The maximum atomic E-state index is 10.1. The van der Waals surface area contributed by atoms with Crippen LogP contribution in [-0.2, 0) is 26.2 Å². The summed E-state index contributed by atoms with van der Waals surface area (Å²) in [6, 6.07) is 9.87. The van der Waals surface area contributed by atoms with Crippen LogP contribution in [0.25, 0.3) is 21.5 Å². The summed E-state index contributed by atoms with van der Waals surface area (Å²) < 4.78 is 0. The van der Waals surface area contributed by atoms with Crippen LogP contribution in [0.15, 0.2) is 48.2 Å². The molecule has 1 heterocycles. The Hall–Kier alpha value is -0.737. The molecule has 1 unspecified atom stereocenters. The molecule has 1 atom stereocenters. The fourth-order valence-corrected chi connectivity index (χ4v) is 1.82. The van der Waals surface area contributed by atoms with Gasteiger partial charge in [0.25, 0.3) is 0 Å². The van der Waals surface area contributed by atoms with Crippen molar-refractivity contribution >= 4 is 5.57 Å². The predicted octanol–water partition coefficient (Wildman–Crippen LogP) is 4.94. The van der Waals surface area contributed by atoms with Crippen LogP contribution in [0, 0.1) is 5.41 Å². The Balaban J connectivity index is 0. The van der Waals surface area contributed by atoms with Gasteiger partial charge in [0, 0.05) is 6.23 Å². The zero-order valence-electron chi connectivity index (χ0n) is 15.9. The van der Waals surface area contributed by atoms with Crippen LogP contribution in [-0.4, -0.2) is 39.5 Å². The molecule has 0 bridgehead atoms. The van der Waals surface area contributed by atoms with E-state index in [1.54, 1.807) is 28.2 Å². The molecular formula is C19H30N3OZr. The standard InChI is InChI=1S/C15H18NO.2C2H6N.Zr/c1-15(2,3)13-10-9-12(14(17)16-13)11-7-5-4-6-8-11;2*1-3-2;/h4-10,14,17H,1-3H3;2*1-2H3;/q3*-1;+3. The van der Waals surface area contributed by atoms with Gasteiger partial charge in [-0.25, -0.2) is 0 Å². The van der Waals surface area contributed by atoms with E-state index < -0.39 is 6.23 Å². The van der Waals surface area contributed by atoms with Crippen LogP contribution in [0.4, 0.5) is 0 Å². The van der Waals surface area contributed by atoms with E-state index in [1.165, 1.54) is 0 Å². The van der Waals surface area contributed by atoms with Crippen molar-refractivity contribution in [2.45, 2.75) is 27.0 Å². The summed E-state index contributed by atoms with van der Waals surface area (Å²) in [7, 11) is 7.00. The number of aliphatic hydroxyl groups excluding tert-OH is 1. The zero-order chi connectivity index (χ0) is 17.9. The van der Waals surface area contributed by atoms with E-state index in [2.05, 4.69) is 36.7 Å². The second-order valence-corrected chi connectivity index (χ2v) is 6.19. The van der Waals surface area contributed by atoms with Gasteiger partial charge in [-0.1, -0.05) is 63.3 Å². The first-order valence-electron chi connectivity index (χ1n) is 7.64. The number of aliphatic hydroxyl groups is 1. The molecule has 0 aliphatic carbocycles. The first-order chi connectivity index (χ1) is 10.8. The van der Waals surface area contributed by atoms with Crippen molar-refractivity contribution in [3.63, 3.8) is 0 Å². The van der Waals surface area contributed by atoms with Crippen LogP contribution in [0.2, 0.25) is 0 Å². The molecular weight excluding hydrogens is 377 g/mol. The number of nitrogens with zero attached hydrogens (tertiary/aromatic N) is 3. The number of hydrogen-bond acceptors (Lipinski definition) is 1. The largest absolute Gasteiger partial charge is 3.00 e. The molecule has 1 radical (unpaired) electrons. The maximum absolute atomic E-state index is 10.1. The molecule has 0 amide bonds. The number of benzene rings is 1. The fraction of sp³-hybridized carbons (Fsp3) is 0.474. The van der Waals surface area contributed by atoms with E-state index in [4.69, 9.17) is 0 Å². The van der Waals surface area contributed by atoms with E-state index in [-0.39, 0.29) is 31.6 Å². The summed E-state index contributed by atoms with van der Waals surface area (Å²) >= 11 is 0. The molecule has 1 aromatic rings. The summed E-state index contributed by atoms with van der Waals surface area (Å²) in [5, 5.41) is 21.4. The Kier molecular flexibility index (Phi) is 14.4. The van der Waals surface area contributed by atoms with Crippen molar-refractivity contribution in [3.05, 3.63) is 69.7 Å². The van der Waals surface area contributed by atoms with Crippen LogP contribution >= 0.6 is 0 Å². The van der Waals surface area contributed by atoms with Gasteiger partial charge in [-0.05, 0) is 16.6 Å². The minimum atomic E-state index is -0.753. The summed E-state index contributed by atoms with van der Waals surface area (Å²) in [4.78, 5) is 0. The molecule has 1 aliphatic heterocycles. The van der Waals surface area contributed by atoms with Gasteiger partial charge < -0.3 is 21.1 Å². The van der Waals surface area contributed by atoms with Crippen LogP contribution in [0.1, 0.15) is 26.3 Å². The first kappa shape index (κ1) is 25.5. The molecule has 0 aromatic heterocycles. The average Bonchev–Trinajstić information content (AvgIpc) is 2.49. The summed E-state index contributed by atoms with van der Waals surface area (Å²) in [6.45, 7) is 6.28. The van der Waals surface area contributed by atoms with E-state index in [0.29, 0.717) is 0 Å². The molecule has 0 fully saturated rings. The van der Waals surface area contributed by atoms with Crippen molar-refractivity contribution < 1.29 is 31.3 Å². The van der Waals surface area contributed by atoms with Crippen molar-refractivity contribution in [1.29, 1.82) is 0 Å². The Bertz CT molecular complexity index is 491. The molecule has 131 valence electrons. The Morgan fingerprint density at radius 3 is 1.75 bits per heavy atom. The van der Waals surface area contributed by atoms with Gasteiger partial charge in [-0.2, -0.15) is 33.9 Å². The molecule has 24 heavy (non-hydrogen) atoms. The second kappa shape index (κ2) is 13.5. The van der Waals surface area contributed by atoms with Crippen molar-refractivity contribution in [2.75, 3.05) is 28.2 Å². The predicted molar refractivity (Wildman–Crippen MR) is 102 cm³/mol. The van der Waals surface area contributed by atoms with Gasteiger partial charge in [-0.3, -0.25) is 0 Å². The normalized spacial score (nSPS) is 15.9. The number of hydrogen-bond donors (Lipinski definition) is 1. The minimum Gasteiger partial charge on any atom is -0.668 e. The maximum Gasteiger partial charge on any atom is 3.00 e. The molecule has 1 aliphatic rings. The van der Waals surface area contributed by atoms with Crippen molar-refractivity contribution in [1.82, 2.24) is 0 Å². The molecule has 1 aromatic carbocycles. The molecule has 0 spiro atoms. The fourth-order valence-electron chi connectivity index (χ4n) is 1.82. The summed E-state index contributed by atoms with van der Waals surface area (Å²) in [6.07, 6.45) is 3.21. The van der Waals surface area contributed by atoms with Gasteiger partial charge in [0.05, 0.1) is 0 Å². The molecule has 0 saturated carbocycles. The van der Waals surface area contributed by atoms with E-state index in [9.17, 15) is 5.11 Å². The van der Waals surface area contributed by atoms with Gasteiger partial charge in [0.1, 0.15) is 0 Å². The Morgan fingerprint density at radius 1 is 0.917 bits per heavy atom. The quantitative estimate of drug-likeness (QED) is 0.704. The van der Waals surface area contributed by atoms with Gasteiger partial charge in [0.15, 0.2) is 0 Å². The molecule has 4 nitrogen and oxygen atoms in total. The van der Waals surface area contributed by atoms with Gasteiger partial charge in [-0.15, -0.1) is 0 Å². The van der Waals surface area contributed by atoms with Crippen molar-refractivity contribution in [3.8, 4) is 0 Å². The SMILES string of the molecule is CC(C)(C)C1=CC=C(c2ccccc2)C(O)[N-]1.C[N-]C.C[N-]C.[Zr+3]. The third-order valence-electron chi connectivity index (χ3n) is 2.84. The topological polar surface area (TPSA) is 62.5 Å². The van der Waals surface area contributed by atoms with Gasteiger partial charge in [0.2, 0.25) is 0 Å². The molecule has 0 saturated heterocycles. The number of rotatable bonds is 1. The molecule has 1 N–H and O–H groups in total. The third-order valence-corrected chi connectivity index (χ3v) is 2.84. The minimum absolute atomic E-state index is 0. The second-order valence-electron chi connectivity index (χ2n) is 6.19. The van der Waals surface area contributed by atoms with E-state index in [1.807, 2.05) is 42.5 Å².